The standard InChI is InChI=1S/C8H3ClI2S/c9-5-3-6(10)4-1-2-12-8(4)7(5)11/h1-3H. The van der Waals surface area contributed by atoms with Crippen LogP contribution in [-0.2, 0) is 0 Å². The van der Waals surface area contributed by atoms with E-state index in [1.807, 2.05) is 6.07 Å². The molecule has 0 N–H and O–H groups in total. The number of thiophene rings is 1. The molecule has 1 aromatic carbocycles. The van der Waals surface area contributed by atoms with Gasteiger partial charge in [-0.1, -0.05) is 11.6 Å². The van der Waals surface area contributed by atoms with Crippen molar-refractivity contribution in [2.75, 3.05) is 0 Å². The zero-order chi connectivity index (χ0) is 8.72. The van der Waals surface area contributed by atoms with E-state index in [0.717, 1.165) is 5.02 Å². The molecular formula is C8H3ClI2S. The molecule has 0 saturated heterocycles. The van der Waals surface area contributed by atoms with Crippen molar-refractivity contribution in [1.29, 1.82) is 0 Å². The van der Waals surface area contributed by atoms with Crippen LogP contribution < -0.4 is 0 Å². The summed E-state index contributed by atoms with van der Waals surface area (Å²) in [6.45, 7) is 0. The highest BCUT2D eigenvalue weighted by molar-refractivity contribution is 14.1. The van der Waals surface area contributed by atoms with Gasteiger partial charge in [0.2, 0.25) is 0 Å². The molecule has 12 heavy (non-hydrogen) atoms. The molecule has 4 heteroatoms. The second-order valence-electron chi connectivity index (χ2n) is 2.32. The van der Waals surface area contributed by atoms with Gasteiger partial charge < -0.3 is 0 Å². The Morgan fingerprint density at radius 2 is 2.08 bits per heavy atom. The van der Waals surface area contributed by atoms with Crippen molar-refractivity contribution in [3.63, 3.8) is 0 Å². The van der Waals surface area contributed by atoms with E-state index in [0.29, 0.717) is 0 Å². The number of fused-ring (bicyclic) bond motifs is 1. The predicted octanol–water partition coefficient (Wildman–Crippen LogP) is 4.76. The van der Waals surface area contributed by atoms with Gasteiger partial charge in [0, 0.05) is 12.5 Å². The first-order valence-corrected chi connectivity index (χ1v) is 6.62. The van der Waals surface area contributed by atoms with Gasteiger partial charge in [0.25, 0.3) is 0 Å². The smallest absolute Gasteiger partial charge is 0.0564 e. The molecule has 0 radical (unpaired) electrons. The minimum Gasteiger partial charge on any atom is -0.143 e. The Kier molecular flexibility index (Phi) is 2.84. The Hall–Kier alpha value is 0.930. The van der Waals surface area contributed by atoms with E-state index in [1.165, 1.54) is 17.2 Å². The lowest BCUT2D eigenvalue weighted by Gasteiger charge is -1.99. The van der Waals surface area contributed by atoms with E-state index in [1.54, 1.807) is 11.3 Å². The number of benzene rings is 1. The highest BCUT2D eigenvalue weighted by Gasteiger charge is 2.07. The monoisotopic (exact) mass is 420 g/mol. The molecule has 0 aliphatic carbocycles. The van der Waals surface area contributed by atoms with E-state index in [-0.39, 0.29) is 0 Å². The molecule has 0 fully saturated rings. The molecule has 2 aromatic rings. The first kappa shape index (κ1) is 9.48. The van der Waals surface area contributed by atoms with E-state index < -0.39 is 0 Å². The van der Waals surface area contributed by atoms with Crippen LogP contribution in [0.5, 0.6) is 0 Å². The second-order valence-corrected chi connectivity index (χ2v) is 5.88. The average Bonchev–Trinajstić information content (AvgIpc) is 2.48. The van der Waals surface area contributed by atoms with Gasteiger partial charge >= 0.3 is 0 Å². The fourth-order valence-electron chi connectivity index (χ4n) is 1.03. The molecule has 1 aromatic heterocycles. The van der Waals surface area contributed by atoms with E-state index in [2.05, 4.69) is 56.6 Å². The third kappa shape index (κ3) is 1.49. The quantitative estimate of drug-likeness (QED) is 0.426. The normalized spacial score (nSPS) is 10.9. The van der Waals surface area contributed by atoms with Crippen LogP contribution in [-0.4, -0.2) is 0 Å². The van der Waals surface area contributed by atoms with Crippen LogP contribution in [0.25, 0.3) is 10.1 Å². The highest BCUT2D eigenvalue weighted by atomic mass is 127. The fraction of sp³-hybridized carbons (Fsp3) is 0. The van der Waals surface area contributed by atoms with Crippen molar-refractivity contribution in [3.8, 4) is 0 Å². The summed E-state index contributed by atoms with van der Waals surface area (Å²) in [5.74, 6) is 0. The summed E-state index contributed by atoms with van der Waals surface area (Å²) in [4.78, 5) is 0. The van der Waals surface area contributed by atoms with Gasteiger partial charge in [0.1, 0.15) is 0 Å². The van der Waals surface area contributed by atoms with Crippen LogP contribution in [0.15, 0.2) is 17.5 Å². The molecule has 0 bridgehead atoms. The molecule has 2 rings (SSSR count). The molecule has 0 amide bonds. The van der Waals surface area contributed by atoms with Crippen molar-refractivity contribution in [2.45, 2.75) is 0 Å². The van der Waals surface area contributed by atoms with E-state index in [4.69, 9.17) is 11.6 Å². The van der Waals surface area contributed by atoms with Gasteiger partial charge in [0.15, 0.2) is 0 Å². The van der Waals surface area contributed by atoms with Crippen LogP contribution in [0, 0.1) is 7.14 Å². The number of hydrogen-bond acceptors (Lipinski definition) is 1. The number of hydrogen-bond donors (Lipinski definition) is 0. The molecule has 0 aliphatic rings. The van der Waals surface area contributed by atoms with Gasteiger partial charge in [-0.2, -0.15) is 0 Å². The molecule has 0 nitrogen and oxygen atoms in total. The maximum atomic E-state index is 6.04. The molecule has 0 aliphatic heterocycles. The average molecular weight is 420 g/mol. The summed E-state index contributed by atoms with van der Waals surface area (Å²) in [5, 5.41) is 4.27. The minimum atomic E-state index is 0.856. The van der Waals surface area contributed by atoms with Gasteiger partial charge in [-0.15, -0.1) is 11.3 Å². The molecule has 0 atom stereocenters. The third-order valence-corrected chi connectivity index (χ3v) is 5.51. The molecular weight excluding hydrogens is 417 g/mol. The Balaban J connectivity index is 2.97. The second kappa shape index (κ2) is 3.59. The Bertz CT molecular complexity index is 436. The van der Waals surface area contributed by atoms with Crippen molar-refractivity contribution < 1.29 is 0 Å². The molecule has 0 unspecified atom stereocenters. The zero-order valence-corrected chi connectivity index (χ0v) is 11.7. The largest absolute Gasteiger partial charge is 0.143 e. The lowest BCUT2D eigenvalue weighted by Crippen LogP contribution is -1.78. The molecule has 1 heterocycles. The van der Waals surface area contributed by atoms with Crippen molar-refractivity contribution in [2.24, 2.45) is 0 Å². The lowest BCUT2D eigenvalue weighted by atomic mass is 10.3. The SMILES string of the molecule is Clc1cc(I)c2ccsc2c1I. The van der Waals surface area contributed by atoms with Gasteiger partial charge in [-0.25, -0.2) is 0 Å². The predicted molar refractivity (Wildman–Crippen MR) is 72.3 cm³/mol. The summed E-state index contributed by atoms with van der Waals surface area (Å²) in [6.07, 6.45) is 0. The highest BCUT2D eigenvalue weighted by Crippen LogP contribution is 2.34. The zero-order valence-electron chi connectivity index (χ0n) is 5.77. The number of halogens is 3. The fourth-order valence-corrected chi connectivity index (χ4v) is 4.10. The van der Waals surface area contributed by atoms with Gasteiger partial charge in [-0.3, -0.25) is 0 Å². The van der Waals surface area contributed by atoms with Crippen LogP contribution in [0.1, 0.15) is 0 Å². The minimum absolute atomic E-state index is 0.856. The summed E-state index contributed by atoms with van der Waals surface area (Å²) in [7, 11) is 0. The van der Waals surface area contributed by atoms with Crippen LogP contribution >= 0.6 is 68.1 Å². The van der Waals surface area contributed by atoms with Gasteiger partial charge in [-0.05, 0) is 62.7 Å². The Morgan fingerprint density at radius 1 is 1.33 bits per heavy atom. The Labute approximate surface area is 107 Å². The van der Waals surface area contributed by atoms with Crippen molar-refractivity contribution in [3.05, 3.63) is 29.7 Å². The molecule has 0 spiro atoms. The maximum Gasteiger partial charge on any atom is 0.0564 e. The maximum absolute atomic E-state index is 6.04. The molecule has 62 valence electrons. The molecule has 0 saturated carbocycles. The first-order valence-electron chi connectivity index (χ1n) is 3.21. The van der Waals surface area contributed by atoms with Crippen LogP contribution in [0.3, 0.4) is 0 Å². The van der Waals surface area contributed by atoms with Crippen molar-refractivity contribution in [1.82, 2.24) is 0 Å². The number of rotatable bonds is 0. The topological polar surface area (TPSA) is 0 Å². The summed E-state index contributed by atoms with van der Waals surface area (Å²) < 4.78 is 3.70. The first-order chi connectivity index (χ1) is 5.70. The van der Waals surface area contributed by atoms with Crippen molar-refractivity contribution >= 4 is 78.2 Å². The van der Waals surface area contributed by atoms with E-state index >= 15 is 0 Å². The Morgan fingerprint density at radius 3 is 2.83 bits per heavy atom. The van der Waals surface area contributed by atoms with Crippen LogP contribution in [0.4, 0.5) is 0 Å². The summed E-state index contributed by atoms with van der Waals surface area (Å²) in [5.41, 5.74) is 0. The third-order valence-electron chi connectivity index (χ3n) is 1.59. The lowest BCUT2D eigenvalue weighted by molar-refractivity contribution is 1.73. The van der Waals surface area contributed by atoms with Crippen LogP contribution in [0.2, 0.25) is 5.02 Å². The summed E-state index contributed by atoms with van der Waals surface area (Å²) in [6, 6.07) is 4.15. The van der Waals surface area contributed by atoms with E-state index in [9.17, 15) is 0 Å². The van der Waals surface area contributed by atoms with Gasteiger partial charge in [0.05, 0.1) is 9.72 Å². The summed E-state index contributed by atoms with van der Waals surface area (Å²) >= 11 is 12.4.